The Balaban J connectivity index is 2.70. The number of halogens is 2. The maximum atomic E-state index is 11.5. The molecule has 0 fully saturated rings. The van der Waals surface area contributed by atoms with E-state index in [4.69, 9.17) is 23.2 Å². The summed E-state index contributed by atoms with van der Waals surface area (Å²) in [7, 11) is -3.27. The summed E-state index contributed by atoms with van der Waals surface area (Å²) in [6.07, 6.45) is 0.935. The highest BCUT2D eigenvalue weighted by Gasteiger charge is 2.11. The number of sulfonamides is 1. The fraction of sp³-hybridized carbons (Fsp3) is 0.583. The lowest BCUT2D eigenvalue weighted by atomic mass is 10.4. The molecule has 9 heteroatoms. The fourth-order valence-electron chi connectivity index (χ4n) is 1.55. The van der Waals surface area contributed by atoms with Crippen LogP contribution in [-0.2, 0) is 10.0 Å². The van der Waals surface area contributed by atoms with Crippen molar-refractivity contribution in [1.29, 1.82) is 0 Å². The van der Waals surface area contributed by atoms with Crippen molar-refractivity contribution in [2.24, 2.45) is 0 Å². The highest BCUT2D eigenvalue weighted by Crippen LogP contribution is 2.29. The van der Waals surface area contributed by atoms with Crippen molar-refractivity contribution < 1.29 is 8.42 Å². The number of hydrogen-bond acceptors (Lipinski definition) is 5. The second kappa shape index (κ2) is 8.63. The Kier molecular flexibility index (Phi) is 7.51. The Morgan fingerprint density at radius 3 is 2.19 bits per heavy atom. The van der Waals surface area contributed by atoms with E-state index in [1.165, 1.54) is 0 Å². The number of rotatable bonds is 9. The van der Waals surface area contributed by atoms with Crippen LogP contribution < -0.4 is 15.4 Å². The number of nitrogens with zero attached hydrogens (tertiary/aromatic N) is 1. The molecule has 0 aliphatic heterocycles. The number of hydrogen-bond donors (Lipinski definition) is 3. The number of pyridine rings is 1. The van der Waals surface area contributed by atoms with Crippen LogP contribution in [0.3, 0.4) is 0 Å². The molecule has 0 saturated heterocycles. The third-order valence-electron chi connectivity index (χ3n) is 2.50. The standard InChI is InChI=1S/C12H20Cl2N4O2S/c1-3-5-15-11-9(13)8-10(14)12(18-11)16-6-7-21(19,20)17-4-2/h8,17H,3-7H2,1-2H3,(H2,15,16,18). The molecule has 1 heterocycles. The smallest absolute Gasteiger partial charge is 0.213 e. The summed E-state index contributed by atoms with van der Waals surface area (Å²) in [6.45, 7) is 5.07. The molecule has 0 radical (unpaired) electrons. The zero-order valence-electron chi connectivity index (χ0n) is 12.0. The van der Waals surface area contributed by atoms with Crippen molar-refractivity contribution in [3.05, 3.63) is 16.1 Å². The van der Waals surface area contributed by atoms with E-state index in [1.54, 1.807) is 13.0 Å². The summed E-state index contributed by atoms with van der Waals surface area (Å²) >= 11 is 12.1. The van der Waals surface area contributed by atoms with Crippen LogP contribution in [0.5, 0.6) is 0 Å². The largest absolute Gasteiger partial charge is 0.369 e. The van der Waals surface area contributed by atoms with Crippen LogP contribution in [0.15, 0.2) is 6.07 Å². The van der Waals surface area contributed by atoms with E-state index in [-0.39, 0.29) is 12.3 Å². The SMILES string of the molecule is CCCNc1nc(NCCS(=O)(=O)NCC)c(Cl)cc1Cl. The molecule has 3 N–H and O–H groups in total. The monoisotopic (exact) mass is 354 g/mol. The van der Waals surface area contributed by atoms with Crippen molar-refractivity contribution in [1.82, 2.24) is 9.71 Å². The van der Waals surface area contributed by atoms with E-state index in [1.807, 2.05) is 6.92 Å². The van der Waals surface area contributed by atoms with Gasteiger partial charge < -0.3 is 10.6 Å². The van der Waals surface area contributed by atoms with E-state index in [0.29, 0.717) is 28.2 Å². The summed E-state index contributed by atoms with van der Waals surface area (Å²) in [6, 6.07) is 1.58. The molecule has 0 unspecified atom stereocenters. The van der Waals surface area contributed by atoms with Gasteiger partial charge in [0.15, 0.2) is 0 Å². The van der Waals surface area contributed by atoms with Crippen LogP contribution in [0.2, 0.25) is 10.0 Å². The lowest BCUT2D eigenvalue weighted by Crippen LogP contribution is -2.29. The normalized spacial score (nSPS) is 11.4. The van der Waals surface area contributed by atoms with Crippen LogP contribution in [0.4, 0.5) is 11.6 Å². The molecule has 1 aromatic heterocycles. The Bertz CT molecular complexity index is 567. The van der Waals surface area contributed by atoms with Gasteiger partial charge in [0, 0.05) is 19.6 Å². The van der Waals surface area contributed by atoms with Gasteiger partial charge in [-0.15, -0.1) is 0 Å². The minimum Gasteiger partial charge on any atom is -0.369 e. The van der Waals surface area contributed by atoms with Gasteiger partial charge in [0.1, 0.15) is 11.6 Å². The van der Waals surface area contributed by atoms with Gasteiger partial charge in [-0.2, -0.15) is 0 Å². The van der Waals surface area contributed by atoms with Gasteiger partial charge in [-0.3, -0.25) is 0 Å². The first-order chi connectivity index (χ1) is 9.89. The zero-order valence-corrected chi connectivity index (χ0v) is 14.4. The molecule has 0 saturated carbocycles. The van der Waals surface area contributed by atoms with Crippen molar-refractivity contribution in [3.8, 4) is 0 Å². The summed E-state index contributed by atoms with van der Waals surface area (Å²) in [4.78, 5) is 4.27. The average Bonchev–Trinajstić information content (AvgIpc) is 2.39. The predicted molar refractivity (Wildman–Crippen MR) is 89.0 cm³/mol. The van der Waals surface area contributed by atoms with Gasteiger partial charge in [-0.1, -0.05) is 37.0 Å². The topological polar surface area (TPSA) is 83.1 Å². The molecular formula is C12H20Cl2N4O2S. The second-order valence-corrected chi connectivity index (χ2v) is 7.06. The summed E-state index contributed by atoms with van der Waals surface area (Å²) in [5.74, 6) is 0.880. The Hall–Kier alpha value is -0.760. The zero-order chi connectivity index (χ0) is 15.9. The Morgan fingerprint density at radius 1 is 1.10 bits per heavy atom. The molecule has 21 heavy (non-hydrogen) atoms. The van der Waals surface area contributed by atoms with Crippen molar-refractivity contribution in [3.63, 3.8) is 0 Å². The van der Waals surface area contributed by atoms with Gasteiger partial charge in [-0.25, -0.2) is 18.1 Å². The molecule has 0 aliphatic rings. The molecule has 0 bridgehead atoms. The van der Waals surface area contributed by atoms with E-state index in [9.17, 15) is 8.42 Å². The van der Waals surface area contributed by atoms with Crippen molar-refractivity contribution in [2.75, 3.05) is 36.0 Å². The molecule has 0 aliphatic carbocycles. The third-order valence-corrected chi connectivity index (χ3v) is 4.55. The molecule has 0 aromatic carbocycles. The van der Waals surface area contributed by atoms with Gasteiger partial charge >= 0.3 is 0 Å². The molecule has 1 aromatic rings. The Labute approximate surface area is 135 Å². The second-order valence-electron chi connectivity index (χ2n) is 4.32. The van der Waals surface area contributed by atoms with E-state index in [0.717, 1.165) is 13.0 Å². The first-order valence-electron chi connectivity index (χ1n) is 6.70. The lowest BCUT2D eigenvalue weighted by Gasteiger charge is -2.12. The van der Waals surface area contributed by atoms with E-state index < -0.39 is 10.0 Å². The summed E-state index contributed by atoms with van der Waals surface area (Å²) in [5, 5.41) is 6.78. The van der Waals surface area contributed by atoms with Crippen molar-refractivity contribution >= 4 is 44.9 Å². The Morgan fingerprint density at radius 2 is 1.67 bits per heavy atom. The van der Waals surface area contributed by atoms with E-state index >= 15 is 0 Å². The minimum absolute atomic E-state index is 0.0564. The van der Waals surface area contributed by atoms with Gasteiger partial charge in [0.05, 0.1) is 15.8 Å². The molecule has 0 amide bonds. The van der Waals surface area contributed by atoms with Crippen LogP contribution in [0.1, 0.15) is 20.3 Å². The maximum absolute atomic E-state index is 11.5. The third kappa shape index (κ3) is 6.25. The molecule has 0 atom stereocenters. The average molecular weight is 355 g/mol. The summed E-state index contributed by atoms with van der Waals surface area (Å²) in [5.41, 5.74) is 0. The highest BCUT2D eigenvalue weighted by molar-refractivity contribution is 7.89. The van der Waals surface area contributed by atoms with Crippen LogP contribution >= 0.6 is 23.2 Å². The first-order valence-corrected chi connectivity index (χ1v) is 9.11. The highest BCUT2D eigenvalue weighted by atomic mass is 35.5. The van der Waals surface area contributed by atoms with Crippen LogP contribution in [-0.4, -0.2) is 38.8 Å². The number of aromatic nitrogens is 1. The van der Waals surface area contributed by atoms with Crippen LogP contribution in [0.25, 0.3) is 0 Å². The maximum Gasteiger partial charge on any atom is 0.213 e. The van der Waals surface area contributed by atoms with Crippen molar-refractivity contribution in [2.45, 2.75) is 20.3 Å². The first kappa shape index (κ1) is 18.3. The minimum atomic E-state index is -3.27. The van der Waals surface area contributed by atoms with Crippen LogP contribution in [0, 0.1) is 0 Å². The number of nitrogens with one attached hydrogen (secondary N) is 3. The fourth-order valence-corrected chi connectivity index (χ4v) is 3.00. The summed E-state index contributed by atoms with van der Waals surface area (Å²) < 4.78 is 25.5. The van der Waals surface area contributed by atoms with Gasteiger partial charge in [0.25, 0.3) is 0 Å². The van der Waals surface area contributed by atoms with Gasteiger partial charge in [-0.05, 0) is 12.5 Å². The van der Waals surface area contributed by atoms with Gasteiger partial charge in [0.2, 0.25) is 10.0 Å². The predicted octanol–water partition coefficient (Wildman–Crippen LogP) is 2.56. The molecule has 120 valence electrons. The quantitative estimate of drug-likeness (QED) is 0.634. The molecule has 6 nitrogen and oxygen atoms in total. The van der Waals surface area contributed by atoms with E-state index in [2.05, 4.69) is 20.3 Å². The number of anilines is 2. The molecular weight excluding hydrogens is 335 g/mol. The molecule has 0 spiro atoms. The lowest BCUT2D eigenvalue weighted by molar-refractivity contribution is 0.584. The molecule has 1 rings (SSSR count).